The van der Waals surface area contributed by atoms with Crippen LogP contribution < -0.4 is 5.32 Å². The quantitative estimate of drug-likeness (QED) is 0.755. The smallest absolute Gasteiger partial charge is 0.244 e. The van der Waals surface area contributed by atoms with E-state index in [1.54, 1.807) is 13.2 Å². The summed E-state index contributed by atoms with van der Waals surface area (Å²) < 4.78 is 31.7. The van der Waals surface area contributed by atoms with Crippen LogP contribution in [0.2, 0.25) is 0 Å². The van der Waals surface area contributed by atoms with E-state index in [0.717, 1.165) is 4.88 Å². The molecular formula is C13H24N2O3S2. The Labute approximate surface area is 126 Å². The van der Waals surface area contributed by atoms with Crippen molar-refractivity contribution in [3.63, 3.8) is 0 Å². The minimum atomic E-state index is -3.43. The van der Waals surface area contributed by atoms with Crippen molar-refractivity contribution in [3.05, 3.63) is 16.3 Å². The third-order valence-corrected chi connectivity index (χ3v) is 6.00. The average molecular weight is 320 g/mol. The molecule has 5 nitrogen and oxygen atoms in total. The second-order valence-corrected chi connectivity index (χ2v) is 7.64. The number of rotatable bonds is 9. The maximum absolute atomic E-state index is 12.6. The fraction of sp³-hybridized carbons (Fsp3) is 0.692. The third kappa shape index (κ3) is 4.53. The molecule has 0 saturated heterocycles. The molecule has 0 aliphatic rings. The molecule has 7 heteroatoms. The molecule has 0 unspecified atom stereocenters. The summed E-state index contributed by atoms with van der Waals surface area (Å²) in [7, 11) is -1.86. The molecule has 0 bridgehead atoms. The molecule has 0 fully saturated rings. The number of nitrogens with one attached hydrogen (secondary N) is 1. The fourth-order valence-corrected chi connectivity index (χ4v) is 4.56. The number of methoxy groups -OCH3 is 1. The van der Waals surface area contributed by atoms with E-state index in [1.807, 2.05) is 26.2 Å². The van der Waals surface area contributed by atoms with Gasteiger partial charge in [-0.15, -0.1) is 11.3 Å². The van der Waals surface area contributed by atoms with Gasteiger partial charge >= 0.3 is 0 Å². The van der Waals surface area contributed by atoms with Gasteiger partial charge in [0.2, 0.25) is 10.0 Å². The molecule has 1 rings (SSSR count). The predicted octanol–water partition coefficient (Wildman–Crippen LogP) is 1.90. The number of thiophene rings is 1. The molecule has 0 radical (unpaired) electrons. The molecule has 1 N–H and O–H groups in total. The summed E-state index contributed by atoms with van der Waals surface area (Å²) in [5.41, 5.74) is 0. The van der Waals surface area contributed by atoms with Crippen LogP contribution in [0, 0.1) is 0 Å². The highest BCUT2D eigenvalue weighted by Crippen LogP contribution is 2.25. The van der Waals surface area contributed by atoms with Gasteiger partial charge in [-0.25, -0.2) is 8.42 Å². The molecule has 0 spiro atoms. The van der Waals surface area contributed by atoms with E-state index in [0.29, 0.717) is 37.2 Å². The zero-order valence-electron chi connectivity index (χ0n) is 12.5. The van der Waals surface area contributed by atoms with E-state index in [1.165, 1.54) is 15.6 Å². The Morgan fingerprint density at radius 3 is 2.70 bits per heavy atom. The third-order valence-electron chi connectivity index (χ3n) is 2.89. The molecule has 20 heavy (non-hydrogen) atoms. The Kier molecular flexibility index (Phi) is 7.11. The first-order chi connectivity index (χ1) is 9.43. The normalized spacial score (nSPS) is 12.5. The Hall–Kier alpha value is -0.470. The van der Waals surface area contributed by atoms with Gasteiger partial charge in [0.05, 0.1) is 11.5 Å². The lowest BCUT2D eigenvalue weighted by Crippen LogP contribution is -2.34. The van der Waals surface area contributed by atoms with Crippen molar-refractivity contribution in [2.45, 2.75) is 38.3 Å². The Morgan fingerprint density at radius 1 is 1.45 bits per heavy atom. The highest BCUT2D eigenvalue weighted by molar-refractivity contribution is 7.89. The summed E-state index contributed by atoms with van der Waals surface area (Å²) in [6.07, 6.45) is 0. The highest BCUT2D eigenvalue weighted by Gasteiger charge is 2.26. The summed E-state index contributed by atoms with van der Waals surface area (Å²) in [6.45, 7) is 7.71. The number of likely N-dealkylation sites (N-methyl/N-ethyl adjacent to an activating group) is 1. The van der Waals surface area contributed by atoms with Crippen molar-refractivity contribution in [2.75, 3.05) is 26.8 Å². The monoisotopic (exact) mass is 320 g/mol. The second-order valence-electron chi connectivity index (χ2n) is 4.73. The molecule has 1 heterocycles. The van der Waals surface area contributed by atoms with Gasteiger partial charge in [-0.2, -0.15) is 4.31 Å². The number of hydrogen-bond donors (Lipinski definition) is 1. The van der Waals surface area contributed by atoms with Crippen LogP contribution in [0.4, 0.5) is 0 Å². The standard InChI is InChI=1S/C13H24N2O3S2/c1-5-15(7-8-18-4)20(16,17)13-6-9-19-12(13)10-14-11(2)3/h6,9,11,14H,5,7-8,10H2,1-4H3. The number of ether oxygens (including phenoxy) is 1. The predicted molar refractivity (Wildman–Crippen MR) is 82.6 cm³/mol. The molecule has 0 aliphatic heterocycles. The largest absolute Gasteiger partial charge is 0.383 e. The second kappa shape index (κ2) is 8.09. The average Bonchev–Trinajstić information content (AvgIpc) is 2.86. The van der Waals surface area contributed by atoms with Gasteiger partial charge in [0, 0.05) is 37.7 Å². The van der Waals surface area contributed by atoms with Crippen LogP contribution in [-0.4, -0.2) is 45.6 Å². The number of sulfonamides is 1. The van der Waals surface area contributed by atoms with Crippen molar-refractivity contribution in [1.82, 2.24) is 9.62 Å². The van der Waals surface area contributed by atoms with Crippen LogP contribution in [0.15, 0.2) is 16.3 Å². The Morgan fingerprint density at radius 2 is 2.15 bits per heavy atom. The summed E-state index contributed by atoms with van der Waals surface area (Å²) in [5, 5.41) is 5.09. The summed E-state index contributed by atoms with van der Waals surface area (Å²) in [4.78, 5) is 1.27. The zero-order valence-corrected chi connectivity index (χ0v) is 14.2. The van der Waals surface area contributed by atoms with E-state index in [4.69, 9.17) is 4.74 Å². The summed E-state index contributed by atoms with van der Waals surface area (Å²) in [5.74, 6) is 0. The lowest BCUT2D eigenvalue weighted by atomic mass is 10.4. The maximum Gasteiger partial charge on any atom is 0.244 e. The van der Waals surface area contributed by atoms with Crippen LogP contribution in [0.3, 0.4) is 0 Å². The van der Waals surface area contributed by atoms with Crippen LogP contribution in [0.1, 0.15) is 25.6 Å². The van der Waals surface area contributed by atoms with Crippen molar-refractivity contribution in [1.29, 1.82) is 0 Å². The molecular weight excluding hydrogens is 296 g/mol. The van der Waals surface area contributed by atoms with Crippen molar-refractivity contribution >= 4 is 21.4 Å². The van der Waals surface area contributed by atoms with Crippen LogP contribution in [-0.2, 0) is 21.3 Å². The van der Waals surface area contributed by atoms with Crippen molar-refractivity contribution in [2.24, 2.45) is 0 Å². The molecule has 0 aromatic carbocycles. The van der Waals surface area contributed by atoms with Crippen LogP contribution in [0.25, 0.3) is 0 Å². The Balaban J connectivity index is 2.93. The topological polar surface area (TPSA) is 58.6 Å². The molecule has 0 saturated carbocycles. The van der Waals surface area contributed by atoms with Gasteiger partial charge in [0.25, 0.3) is 0 Å². The van der Waals surface area contributed by atoms with E-state index in [-0.39, 0.29) is 0 Å². The fourth-order valence-electron chi connectivity index (χ4n) is 1.76. The van der Waals surface area contributed by atoms with Crippen LogP contribution >= 0.6 is 11.3 Å². The van der Waals surface area contributed by atoms with E-state index in [2.05, 4.69) is 5.32 Å². The first-order valence-electron chi connectivity index (χ1n) is 6.72. The molecule has 1 aromatic rings. The van der Waals surface area contributed by atoms with Crippen molar-refractivity contribution < 1.29 is 13.2 Å². The van der Waals surface area contributed by atoms with Crippen molar-refractivity contribution in [3.8, 4) is 0 Å². The van der Waals surface area contributed by atoms with Gasteiger partial charge in [-0.1, -0.05) is 20.8 Å². The highest BCUT2D eigenvalue weighted by atomic mass is 32.2. The van der Waals surface area contributed by atoms with E-state index < -0.39 is 10.0 Å². The van der Waals surface area contributed by atoms with E-state index >= 15 is 0 Å². The SMILES string of the molecule is CCN(CCOC)S(=O)(=O)c1ccsc1CNC(C)C. The van der Waals surface area contributed by atoms with Gasteiger partial charge < -0.3 is 10.1 Å². The number of nitrogens with zero attached hydrogens (tertiary/aromatic N) is 1. The van der Waals surface area contributed by atoms with Gasteiger partial charge in [0.15, 0.2) is 0 Å². The summed E-state index contributed by atoms with van der Waals surface area (Å²) >= 11 is 1.47. The van der Waals surface area contributed by atoms with E-state index in [9.17, 15) is 8.42 Å². The minimum absolute atomic E-state index is 0.323. The molecule has 0 atom stereocenters. The molecule has 1 aromatic heterocycles. The van der Waals surface area contributed by atoms with Crippen LogP contribution in [0.5, 0.6) is 0 Å². The number of hydrogen-bond acceptors (Lipinski definition) is 5. The maximum atomic E-state index is 12.6. The summed E-state index contributed by atoms with van der Waals surface area (Å²) in [6, 6.07) is 2.01. The molecule has 0 amide bonds. The lowest BCUT2D eigenvalue weighted by Gasteiger charge is -2.20. The first-order valence-corrected chi connectivity index (χ1v) is 9.04. The zero-order chi connectivity index (χ0) is 15.2. The molecule has 0 aliphatic carbocycles. The van der Waals surface area contributed by atoms with Gasteiger partial charge in [-0.05, 0) is 11.4 Å². The Bertz CT molecular complexity index is 497. The van der Waals surface area contributed by atoms with Gasteiger partial charge in [-0.3, -0.25) is 0 Å². The lowest BCUT2D eigenvalue weighted by molar-refractivity contribution is 0.180. The van der Waals surface area contributed by atoms with Gasteiger partial charge in [0.1, 0.15) is 0 Å². The first kappa shape index (κ1) is 17.6. The molecule has 116 valence electrons. The minimum Gasteiger partial charge on any atom is -0.383 e.